The van der Waals surface area contributed by atoms with Gasteiger partial charge in [-0.2, -0.15) is 0 Å². The van der Waals surface area contributed by atoms with Crippen molar-refractivity contribution in [2.24, 2.45) is 0 Å². The molecule has 128 valence electrons. The van der Waals surface area contributed by atoms with Gasteiger partial charge in [0.05, 0.1) is 10.9 Å². The fourth-order valence-corrected chi connectivity index (χ4v) is 2.55. The number of likely N-dealkylation sites (N-methyl/N-ethyl adjacent to an activating group) is 1. The molecule has 1 amide bonds. The van der Waals surface area contributed by atoms with Crippen LogP contribution >= 0.6 is 0 Å². The summed E-state index contributed by atoms with van der Waals surface area (Å²) in [5.74, 6) is -0.307. The molecule has 2 aromatic heterocycles. The minimum Gasteiger partial charge on any atom is -0.344 e. The quantitative estimate of drug-likeness (QED) is 0.745. The van der Waals surface area contributed by atoms with Gasteiger partial charge in [-0.1, -0.05) is 18.2 Å². The summed E-state index contributed by atoms with van der Waals surface area (Å²) in [7, 11) is 1.64. The van der Waals surface area contributed by atoms with E-state index < -0.39 is 11.2 Å². The molecule has 25 heavy (non-hydrogen) atoms. The SMILES string of the molecule is CN(CCc1ccccn1)C(=O)Cn1c(=O)[nH]c2ccccc2c1=O. The lowest BCUT2D eigenvalue weighted by Gasteiger charge is -2.17. The molecule has 0 saturated heterocycles. The van der Waals surface area contributed by atoms with Crippen molar-refractivity contribution in [2.75, 3.05) is 13.6 Å². The fraction of sp³-hybridized carbons (Fsp3) is 0.222. The van der Waals surface area contributed by atoms with Crippen LogP contribution < -0.4 is 11.2 Å². The number of hydrogen-bond donors (Lipinski definition) is 1. The molecule has 0 aliphatic rings. The highest BCUT2D eigenvalue weighted by Gasteiger charge is 2.14. The first kappa shape index (κ1) is 16.6. The number of aromatic nitrogens is 3. The Hall–Kier alpha value is -3.22. The number of nitrogens with zero attached hydrogens (tertiary/aromatic N) is 3. The average molecular weight is 338 g/mol. The molecule has 0 spiro atoms. The Morgan fingerprint density at radius 3 is 2.68 bits per heavy atom. The van der Waals surface area contributed by atoms with Gasteiger partial charge in [0.25, 0.3) is 5.56 Å². The predicted octanol–water partition coefficient (Wildman–Crippen LogP) is 0.786. The van der Waals surface area contributed by atoms with Crippen LogP contribution in [0.15, 0.2) is 58.3 Å². The number of para-hydroxylation sites is 1. The Labute approximate surface area is 143 Å². The molecule has 0 unspecified atom stereocenters. The van der Waals surface area contributed by atoms with Gasteiger partial charge in [0.15, 0.2) is 0 Å². The van der Waals surface area contributed by atoms with E-state index in [9.17, 15) is 14.4 Å². The van der Waals surface area contributed by atoms with Crippen molar-refractivity contribution in [3.05, 3.63) is 75.2 Å². The third-order valence-corrected chi connectivity index (χ3v) is 4.04. The van der Waals surface area contributed by atoms with Crippen molar-refractivity contribution in [1.29, 1.82) is 0 Å². The van der Waals surface area contributed by atoms with Gasteiger partial charge in [-0.05, 0) is 24.3 Å². The number of pyridine rings is 1. The molecule has 1 aromatic carbocycles. The van der Waals surface area contributed by atoms with Crippen molar-refractivity contribution >= 4 is 16.8 Å². The first-order chi connectivity index (χ1) is 12.1. The van der Waals surface area contributed by atoms with Crippen LogP contribution in [0.1, 0.15) is 5.69 Å². The van der Waals surface area contributed by atoms with E-state index in [2.05, 4.69) is 9.97 Å². The molecule has 0 bridgehead atoms. The summed E-state index contributed by atoms with van der Waals surface area (Å²) in [5, 5.41) is 0.381. The van der Waals surface area contributed by atoms with Gasteiger partial charge in [-0.15, -0.1) is 0 Å². The first-order valence-corrected chi connectivity index (χ1v) is 7.92. The van der Waals surface area contributed by atoms with Crippen molar-refractivity contribution in [3.8, 4) is 0 Å². The van der Waals surface area contributed by atoms with Gasteiger partial charge < -0.3 is 9.88 Å². The largest absolute Gasteiger partial charge is 0.344 e. The van der Waals surface area contributed by atoms with Crippen LogP contribution in [0.4, 0.5) is 0 Å². The summed E-state index contributed by atoms with van der Waals surface area (Å²) < 4.78 is 0.932. The van der Waals surface area contributed by atoms with Gasteiger partial charge in [-0.3, -0.25) is 19.1 Å². The van der Waals surface area contributed by atoms with Gasteiger partial charge in [-0.25, -0.2) is 4.79 Å². The van der Waals surface area contributed by atoms with E-state index in [1.165, 1.54) is 4.90 Å². The van der Waals surface area contributed by atoms with E-state index in [1.54, 1.807) is 37.5 Å². The highest BCUT2D eigenvalue weighted by atomic mass is 16.2. The molecule has 0 saturated carbocycles. The van der Waals surface area contributed by atoms with Crippen molar-refractivity contribution < 1.29 is 4.79 Å². The number of benzene rings is 1. The highest BCUT2D eigenvalue weighted by molar-refractivity contribution is 5.78. The molecule has 7 nitrogen and oxygen atoms in total. The maximum absolute atomic E-state index is 12.4. The summed E-state index contributed by atoms with van der Waals surface area (Å²) in [6.07, 6.45) is 2.30. The van der Waals surface area contributed by atoms with Crippen LogP contribution in [-0.4, -0.2) is 38.9 Å². The molecule has 0 atom stereocenters. The highest BCUT2D eigenvalue weighted by Crippen LogP contribution is 2.03. The number of amides is 1. The second-order valence-electron chi connectivity index (χ2n) is 5.75. The van der Waals surface area contributed by atoms with Crippen LogP contribution in [0.5, 0.6) is 0 Å². The molecule has 0 aliphatic carbocycles. The zero-order valence-electron chi connectivity index (χ0n) is 13.8. The van der Waals surface area contributed by atoms with Crippen LogP contribution in [-0.2, 0) is 17.8 Å². The second kappa shape index (κ2) is 7.12. The van der Waals surface area contributed by atoms with Crippen molar-refractivity contribution in [3.63, 3.8) is 0 Å². The number of carbonyl (C=O) groups excluding carboxylic acids is 1. The minimum absolute atomic E-state index is 0.294. The maximum atomic E-state index is 12.4. The number of nitrogens with one attached hydrogen (secondary N) is 1. The lowest BCUT2D eigenvalue weighted by Crippen LogP contribution is -2.41. The average Bonchev–Trinajstić information content (AvgIpc) is 2.63. The van der Waals surface area contributed by atoms with Crippen molar-refractivity contribution in [1.82, 2.24) is 19.4 Å². The van der Waals surface area contributed by atoms with E-state index in [0.29, 0.717) is 23.9 Å². The van der Waals surface area contributed by atoms with E-state index >= 15 is 0 Å². The third-order valence-electron chi connectivity index (χ3n) is 4.04. The molecule has 3 aromatic rings. The predicted molar refractivity (Wildman–Crippen MR) is 94.4 cm³/mol. The van der Waals surface area contributed by atoms with E-state index in [-0.39, 0.29) is 12.5 Å². The molecule has 0 aliphatic heterocycles. The lowest BCUT2D eigenvalue weighted by atomic mass is 10.2. The van der Waals surface area contributed by atoms with Crippen LogP contribution in [0.3, 0.4) is 0 Å². The fourth-order valence-electron chi connectivity index (χ4n) is 2.55. The molecule has 2 heterocycles. The van der Waals surface area contributed by atoms with Crippen LogP contribution in [0.25, 0.3) is 10.9 Å². The minimum atomic E-state index is -0.588. The van der Waals surface area contributed by atoms with E-state index in [4.69, 9.17) is 0 Å². The standard InChI is InChI=1S/C18H18N4O3/c1-21(11-9-13-6-4-5-10-19-13)16(23)12-22-17(24)14-7-2-3-8-15(14)20-18(22)25/h2-8,10H,9,11-12H2,1H3,(H,20,25). The smallest absolute Gasteiger partial charge is 0.329 e. The Kier molecular flexibility index (Phi) is 4.74. The van der Waals surface area contributed by atoms with Crippen LogP contribution in [0, 0.1) is 0 Å². The molecule has 3 rings (SSSR count). The van der Waals surface area contributed by atoms with Gasteiger partial charge >= 0.3 is 5.69 Å². The molecule has 0 fully saturated rings. The normalized spacial score (nSPS) is 10.8. The van der Waals surface area contributed by atoms with Gasteiger partial charge in [0.2, 0.25) is 5.91 Å². The van der Waals surface area contributed by atoms with Gasteiger partial charge in [0, 0.05) is 31.9 Å². The molecular formula is C18H18N4O3. The maximum Gasteiger partial charge on any atom is 0.329 e. The number of rotatable bonds is 5. The third kappa shape index (κ3) is 3.65. The number of carbonyl (C=O) groups is 1. The molecule has 1 N–H and O–H groups in total. The summed E-state index contributed by atoms with van der Waals surface area (Å²) in [5.41, 5.74) is 0.286. The Bertz CT molecular complexity index is 1010. The monoisotopic (exact) mass is 338 g/mol. The number of hydrogen-bond acceptors (Lipinski definition) is 4. The Morgan fingerprint density at radius 1 is 1.16 bits per heavy atom. The van der Waals surface area contributed by atoms with Crippen molar-refractivity contribution in [2.45, 2.75) is 13.0 Å². The number of aromatic amines is 1. The van der Waals surface area contributed by atoms with Crippen LogP contribution in [0.2, 0.25) is 0 Å². The Morgan fingerprint density at radius 2 is 1.92 bits per heavy atom. The summed E-state index contributed by atoms with van der Waals surface area (Å²) in [6.45, 7) is 0.161. The molecular weight excluding hydrogens is 320 g/mol. The van der Waals surface area contributed by atoms with Gasteiger partial charge in [0.1, 0.15) is 6.54 Å². The topological polar surface area (TPSA) is 88.1 Å². The first-order valence-electron chi connectivity index (χ1n) is 7.92. The summed E-state index contributed by atoms with van der Waals surface area (Å²) in [4.78, 5) is 45.3. The van der Waals surface area contributed by atoms with E-state index in [0.717, 1.165) is 10.3 Å². The molecule has 7 heteroatoms. The molecule has 0 radical (unpaired) electrons. The Balaban J connectivity index is 1.75. The second-order valence-corrected chi connectivity index (χ2v) is 5.75. The number of H-pyrrole nitrogens is 1. The zero-order chi connectivity index (χ0) is 17.8. The van der Waals surface area contributed by atoms with E-state index in [1.807, 2.05) is 18.2 Å². The number of fused-ring (bicyclic) bond motifs is 1. The lowest BCUT2D eigenvalue weighted by molar-refractivity contribution is -0.130. The summed E-state index contributed by atoms with van der Waals surface area (Å²) >= 11 is 0. The zero-order valence-corrected chi connectivity index (χ0v) is 13.8. The summed E-state index contributed by atoms with van der Waals surface area (Å²) in [6, 6.07) is 12.3.